The molecule has 0 aromatic heterocycles. The Morgan fingerprint density at radius 3 is 0.639 bits per heavy atom. The molecule has 0 saturated heterocycles. The molecule has 422 valence electrons. The summed E-state index contributed by atoms with van der Waals surface area (Å²) in [4.78, 5) is 82.6. The van der Waals surface area contributed by atoms with Crippen molar-refractivity contribution in [2.75, 3.05) is 13.2 Å². The summed E-state index contributed by atoms with van der Waals surface area (Å²) in [7, 11) is 0. The molecule has 0 fully saturated rings. The highest BCUT2D eigenvalue weighted by atomic mass is 16.6. The molecule has 0 amide bonds. The first-order chi connectivity index (χ1) is 35.1. The van der Waals surface area contributed by atoms with Crippen molar-refractivity contribution < 1.29 is 57.2 Å². The Morgan fingerprint density at radius 1 is 0.236 bits per heavy atom. The number of esters is 6. The number of ether oxygens (including phenoxy) is 6. The largest absolute Gasteiger partial charge is 0.462 e. The zero-order chi connectivity index (χ0) is 53.1. The van der Waals surface area contributed by atoms with Gasteiger partial charge in [-0.3, -0.25) is 28.8 Å². The average molecular weight is 1020 g/mol. The van der Waals surface area contributed by atoms with Crippen LogP contribution in [0.1, 0.15) is 311 Å². The normalized spacial score (nSPS) is 12.9. The highest BCUT2D eigenvalue weighted by Gasteiger charge is 2.45. The molecule has 0 rings (SSSR count). The van der Waals surface area contributed by atoms with Crippen LogP contribution in [0.25, 0.3) is 0 Å². The van der Waals surface area contributed by atoms with Gasteiger partial charge in [-0.25, -0.2) is 0 Å². The van der Waals surface area contributed by atoms with Crippen molar-refractivity contribution in [3.8, 4) is 0 Å². The van der Waals surface area contributed by atoms with E-state index in [9.17, 15) is 28.8 Å². The van der Waals surface area contributed by atoms with E-state index in [1.54, 1.807) is 0 Å². The van der Waals surface area contributed by atoms with Crippen molar-refractivity contribution in [2.45, 2.75) is 336 Å². The minimum Gasteiger partial charge on any atom is -0.462 e. The quantitative estimate of drug-likeness (QED) is 0.0323. The second-order valence-electron chi connectivity index (χ2n) is 20.4. The fraction of sp³-hybridized carbons (Fsp3) is 0.900. The highest BCUT2D eigenvalue weighted by Crippen LogP contribution is 2.25. The molecule has 0 aromatic carbocycles. The van der Waals surface area contributed by atoms with E-state index in [-0.39, 0.29) is 38.5 Å². The second kappa shape index (κ2) is 51.3. The Labute approximate surface area is 440 Å². The van der Waals surface area contributed by atoms with Gasteiger partial charge in [0.2, 0.25) is 0 Å². The van der Waals surface area contributed by atoms with E-state index in [1.807, 2.05) is 0 Å². The molecule has 4 unspecified atom stereocenters. The van der Waals surface area contributed by atoms with Gasteiger partial charge in [0.15, 0.2) is 24.4 Å². The summed E-state index contributed by atoms with van der Waals surface area (Å²) < 4.78 is 36.7. The molecule has 0 bridgehead atoms. The van der Waals surface area contributed by atoms with Gasteiger partial charge in [0.05, 0.1) is 0 Å². The van der Waals surface area contributed by atoms with Gasteiger partial charge in [0.1, 0.15) is 13.2 Å². The third-order valence-corrected chi connectivity index (χ3v) is 13.4. The van der Waals surface area contributed by atoms with E-state index >= 15 is 0 Å². The summed E-state index contributed by atoms with van der Waals surface area (Å²) >= 11 is 0. The summed E-state index contributed by atoms with van der Waals surface area (Å²) in [5, 5.41) is 0. The lowest BCUT2D eigenvalue weighted by molar-refractivity contribution is -0.209. The summed E-state index contributed by atoms with van der Waals surface area (Å²) in [6.07, 6.45) is 28.5. The van der Waals surface area contributed by atoms with Gasteiger partial charge >= 0.3 is 35.8 Å². The van der Waals surface area contributed by atoms with Crippen LogP contribution in [0.2, 0.25) is 0 Å². The van der Waals surface area contributed by atoms with Crippen molar-refractivity contribution in [2.24, 2.45) is 0 Å². The molecule has 0 spiro atoms. The van der Waals surface area contributed by atoms with Crippen LogP contribution >= 0.6 is 0 Å². The first-order valence-electron chi connectivity index (χ1n) is 30.2. The SMILES string of the molecule is CCCCCCCCC(=O)OCC(OC(=O)CCCCCCCC)C(OC(=O)CCCCCCCC)C(OC(=O)CCCCCCCC)C(COC(=O)CCCCCCCC)OC(=O)CCCCCCCC. The molecule has 0 aliphatic carbocycles. The van der Waals surface area contributed by atoms with Gasteiger partial charge in [0.25, 0.3) is 0 Å². The number of carbonyl (C=O) groups is 6. The molecule has 72 heavy (non-hydrogen) atoms. The summed E-state index contributed by atoms with van der Waals surface area (Å²) in [5.41, 5.74) is 0. The van der Waals surface area contributed by atoms with Crippen molar-refractivity contribution in [3.63, 3.8) is 0 Å². The van der Waals surface area contributed by atoms with Crippen molar-refractivity contribution in [1.29, 1.82) is 0 Å². The predicted molar refractivity (Wildman–Crippen MR) is 289 cm³/mol. The van der Waals surface area contributed by atoms with Crippen LogP contribution in [0, 0.1) is 0 Å². The fourth-order valence-corrected chi connectivity index (χ4v) is 8.77. The van der Waals surface area contributed by atoms with Crippen molar-refractivity contribution >= 4 is 35.8 Å². The Balaban J connectivity index is 7.31. The molecule has 0 saturated carbocycles. The lowest BCUT2D eigenvalue weighted by Gasteiger charge is -2.36. The van der Waals surface area contributed by atoms with Crippen LogP contribution in [-0.4, -0.2) is 73.4 Å². The maximum atomic E-state index is 14.1. The highest BCUT2D eigenvalue weighted by molar-refractivity contribution is 5.73. The molecule has 0 aliphatic heterocycles. The third kappa shape index (κ3) is 42.2. The van der Waals surface area contributed by atoms with Gasteiger partial charge in [0, 0.05) is 38.5 Å². The maximum Gasteiger partial charge on any atom is 0.306 e. The number of hydrogen-bond acceptors (Lipinski definition) is 12. The fourth-order valence-electron chi connectivity index (χ4n) is 8.77. The lowest BCUT2D eigenvalue weighted by atomic mass is 10.0. The first-order valence-corrected chi connectivity index (χ1v) is 30.2. The van der Waals surface area contributed by atoms with Crippen LogP contribution in [0.3, 0.4) is 0 Å². The van der Waals surface area contributed by atoms with E-state index in [4.69, 9.17) is 28.4 Å². The summed E-state index contributed by atoms with van der Waals surface area (Å²) in [6, 6.07) is 0. The lowest BCUT2D eigenvalue weighted by Crippen LogP contribution is -2.54. The topological polar surface area (TPSA) is 158 Å². The minimum absolute atomic E-state index is 0.0347. The van der Waals surface area contributed by atoms with Crippen LogP contribution in [0.15, 0.2) is 0 Å². The Kier molecular flexibility index (Phi) is 49.0. The molecule has 12 heteroatoms. The Bertz CT molecular complexity index is 1220. The zero-order valence-corrected chi connectivity index (χ0v) is 47.3. The average Bonchev–Trinajstić information content (AvgIpc) is 3.36. The first kappa shape index (κ1) is 68.8. The second-order valence-corrected chi connectivity index (χ2v) is 20.4. The summed E-state index contributed by atoms with van der Waals surface area (Å²) in [5.74, 6) is -3.42. The maximum absolute atomic E-state index is 14.1. The predicted octanol–water partition coefficient (Wildman–Crippen LogP) is 16.2. The van der Waals surface area contributed by atoms with Gasteiger partial charge in [-0.2, -0.15) is 0 Å². The monoisotopic (exact) mass is 1020 g/mol. The molecular formula is C60H110O12. The van der Waals surface area contributed by atoms with E-state index in [2.05, 4.69) is 41.5 Å². The van der Waals surface area contributed by atoms with Crippen molar-refractivity contribution in [1.82, 2.24) is 0 Å². The van der Waals surface area contributed by atoms with Gasteiger partial charge < -0.3 is 28.4 Å². The van der Waals surface area contributed by atoms with E-state index < -0.39 is 73.4 Å². The molecule has 0 radical (unpaired) electrons. The zero-order valence-electron chi connectivity index (χ0n) is 47.3. The molecule has 4 atom stereocenters. The standard InChI is InChI=1S/C60H110O12/c1-7-13-19-25-31-37-43-53(61)67-49-51(69-55(63)45-39-33-27-21-15-9-3)59(71-57(65)47-41-35-29-23-17-11-5)60(72-58(66)48-42-36-30-24-18-12-6)52(70-56(64)46-40-34-28-22-16-10-4)50-68-54(62)44-38-32-26-20-14-8-2/h51-52,59-60H,7-50H2,1-6H3. The molecule has 0 aromatic rings. The Hall–Kier alpha value is -3.18. The van der Waals surface area contributed by atoms with Gasteiger partial charge in [-0.1, -0.05) is 234 Å². The number of carbonyl (C=O) groups excluding carboxylic acids is 6. The summed E-state index contributed by atoms with van der Waals surface area (Å²) in [6.45, 7) is 11.9. The van der Waals surface area contributed by atoms with Gasteiger partial charge in [-0.05, 0) is 38.5 Å². The van der Waals surface area contributed by atoms with E-state index in [0.717, 1.165) is 193 Å². The molecular weight excluding hydrogens is 913 g/mol. The number of hydrogen-bond donors (Lipinski definition) is 0. The van der Waals surface area contributed by atoms with Crippen LogP contribution < -0.4 is 0 Å². The smallest absolute Gasteiger partial charge is 0.306 e. The third-order valence-electron chi connectivity index (χ3n) is 13.4. The molecule has 0 heterocycles. The van der Waals surface area contributed by atoms with Crippen LogP contribution in [0.5, 0.6) is 0 Å². The minimum atomic E-state index is -1.58. The number of unbranched alkanes of at least 4 members (excludes halogenated alkanes) is 30. The van der Waals surface area contributed by atoms with Crippen LogP contribution in [0.4, 0.5) is 0 Å². The van der Waals surface area contributed by atoms with E-state index in [0.29, 0.717) is 38.5 Å². The molecule has 12 nitrogen and oxygen atoms in total. The van der Waals surface area contributed by atoms with Crippen LogP contribution in [-0.2, 0) is 57.2 Å². The number of rotatable bonds is 53. The Morgan fingerprint density at radius 2 is 0.417 bits per heavy atom. The van der Waals surface area contributed by atoms with Crippen molar-refractivity contribution in [3.05, 3.63) is 0 Å². The van der Waals surface area contributed by atoms with E-state index in [1.165, 1.54) is 0 Å². The van der Waals surface area contributed by atoms with Gasteiger partial charge in [-0.15, -0.1) is 0 Å². The molecule has 0 N–H and O–H groups in total. The molecule has 0 aliphatic rings.